The van der Waals surface area contributed by atoms with Crippen molar-refractivity contribution >= 4 is 29.0 Å². The molecule has 2 N–H and O–H groups in total. The Balaban J connectivity index is 3.31. The van der Waals surface area contributed by atoms with Crippen molar-refractivity contribution in [2.45, 2.75) is 6.92 Å². The molecule has 4 heteroatoms. The van der Waals surface area contributed by atoms with Crippen LogP contribution in [0.1, 0.15) is 5.56 Å². The molecule has 0 atom stereocenters. The zero-order valence-corrected chi connectivity index (χ0v) is 6.87. The highest BCUT2D eigenvalue weighted by Gasteiger charge is 2.01. The number of pyridine rings is 1. The average Bonchev–Trinajstić information content (AvgIpc) is 1.82. The van der Waals surface area contributed by atoms with Crippen molar-refractivity contribution < 1.29 is 0 Å². The van der Waals surface area contributed by atoms with E-state index in [-0.39, 0.29) is 0 Å². The number of aromatic nitrogens is 1. The summed E-state index contributed by atoms with van der Waals surface area (Å²) in [7, 11) is 0. The van der Waals surface area contributed by atoms with Crippen LogP contribution in [0.5, 0.6) is 0 Å². The lowest BCUT2D eigenvalue weighted by Crippen LogP contribution is -1.94. The molecule has 1 aromatic rings. The number of nitrogens with zero attached hydrogens (tertiary/aromatic N) is 1. The molecule has 1 heterocycles. The molecule has 0 saturated heterocycles. The quantitative estimate of drug-likeness (QED) is 0.617. The molecule has 1 aromatic heterocycles. The van der Waals surface area contributed by atoms with Crippen LogP contribution in [0.3, 0.4) is 0 Å². The zero-order chi connectivity index (χ0) is 7.72. The second kappa shape index (κ2) is 2.64. The third-order valence-electron chi connectivity index (χ3n) is 1.22. The number of hydrogen-bond acceptors (Lipinski definition) is 2. The first-order valence-corrected chi connectivity index (χ1v) is 3.45. The summed E-state index contributed by atoms with van der Waals surface area (Å²) in [5.41, 5.74) is 6.21. The van der Waals surface area contributed by atoms with Gasteiger partial charge < -0.3 is 5.73 Å². The van der Waals surface area contributed by atoms with E-state index in [4.69, 9.17) is 28.9 Å². The minimum atomic E-state index is 0.327. The van der Waals surface area contributed by atoms with E-state index < -0.39 is 0 Å². The van der Waals surface area contributed by atoms with E-state index in [1.807, 2.05) is 0 Å². The summed E-state index contributed by atoms with van der Waals surface area (Å²) in [6.45, 7) is 1.79. The van der Waals surface area contributed by atoms with Crippen LogP contribution in [-0.4, -0.2) is 4.98 Å². The van der Waals surface area contributed by atoms with Crippen LogP contribution in [0.25, 0.3) is 0 Å². The Labute approximate surface area is 69.0 Å². The summed E-state index contributed by atoms with van der Waals surface area (Å²) in [5, 5.41) is 0.880. The topological polar surface area (TPSA) is 38.9 Å². The van der Waals surface area contributed by atoms with Crippen LogP contribution in [0.4, 0.5) is 5.82 Å². The minimum absolute atomic E-state index is 0.327. The van der Waals surface area contributed by atoms with Crippen molar-refractivity contribution in [3.8, 4) is 0 Å². The molecule has 0 aliphatic rings. The Morgan fingerprint density at radius 2 is 2.10 bits per heavy atom. The average molecular weight is 177 g/mol. The SMILES string of the molecule is Cc1c(Cl)cc(Cl)nc1N. The predicted molar refractivity (Wildman–Crippen MR) is 43.4 cm³/mol. The van der Waals surface area contributed by atoms with Crippen molar-refractivity contribution in [2.24, 2.45) is 0 Å². The van der Waals surface area contributed by atoms with Gasteiger partial charge in [-0.3, -0.25) is 0 Å². The van der Waals surface area contributed by atoms with Crippen LogP contribution < -0.4 is 5.73 Å². The first-order chi connectivity index (χ1) is 4.61. The molecule has 0 unspecified atom stereocenters. The fraction of sp³-hybridized carbons (Fsp3) is 0.167. The fourth-order valence-corrected chi connectivity index (χ4v) is 1.02. The van der Waals surface area contributed by atoms with E-state index in [0.717, 1.165) is 5.56 Å². The van der Waals surface area contributed by atoms with Crippen LogP contribution in [0.2, 0.25) is 10.2 Å². The van der Waals surface area contributed by atoms with Crippen LogP contribution in [-0.2, 0) is 0 Å². The van der Waals surface area contributed by atoms with E-state index in [0.29, 0.717) is 16.0 Å². The largest absolute Gasteiger partial charge is 0.383 e. The maximum atomic E-state index is 5.71. The highest BCUT2D eigenvalue weighted by molar-refractivity contribution is 6.34. The van der Waals surface area contributed by atoms with Gasteiger partial charge in [-0.2, -0.15) is 0 Å². The molecular formula is C6H6Cl2N2. The molecule has 10 heavy (non-hydrogen) atoms. The number of anilines is 1. The predicted octanol–water partition coefficient (Wildman–Crippen LogP) is 2.28. The van der Waals surface area contributed by atoms with Crippen LogP contribution in [0.15, 0.2) is 6.07 Å². The van der Waals surface area contributed by atoms with Gasteiger partial charge in [-0.25, -0.2) is 4.98 Å². The van der Waals surface area contributed by atoms with Crippen molar-refractivity contribution in [3.05, 3.63) is 21.8 Å². The molecule has 0 amide bonds. The molecule has 0 bridgehead atoms. The lowest BCUT2D eigenvalue weighted by Gasteiger charge is -2.00. The first kappa shape index (κ1) is 7.63. The number of nitrogens with two attached hydrogens (primary N) is 1. The Kier molecular flexibility index (Phi) is 2.02. The van der Waals surface area contributed by atoms with Gasteiger partial charge in [0, 0.05) is 5.56 Å². The third kappa shape index (κ3) is 1.33. The number of rotatable bonds is 0. The van der Waals surface area contributed by atoms with Crippen LogP contribution in [0, 0.1) is 6.92 Å². The normalized spacial score (nSPS) is 9.90. The van der Waals surface area contributed by atoms with Gasteiger partial charge in [0.15, 0.2) is 0 Å². The molecule has 2 nitrogen and oxygen atoms in total. The van der Waals surface area contributed by atoms with Crippen molar-refractivity contribution in [1.82, 2.24) is 4.98 Å². The Hall–Kier alpha value is -0.470. The molecule has 54 valence electrons. The van der Waals surface area contributed by atoms with E-state index in [1.165, 1.54) is 0 Å². The summed E-state index contributed by atoms with van der Waals surface area (Å²) in [6, 6.07) is 1.56. The Morgan fingerprint density at radius 1 is 1.50 bits per heavy atom. The highest BCUT2D eigenvalue weighted by atomic mass is 35.5. The van der Waals surface area contributed by atoms with Gasteiger partial charge in [0.25, 0.3) is 0 Å². The van der Waals surface area contributed by atoms with E-state index in [9.17, 15) is 0 Å². The van der Waals surface area contributed by atoms with Gasteiger partial charge in [-0.05, 0) is 13.0 Å². The summed E-state index contributed by atoms with van der Waals surface area (Å²) in [5.74, 6) is 0.387. The summed E-state index contributed by atoms with van der Waals surface area (Å²) >= 11 is 11.3. The summed E-state index contributed by atoms with van der Waals surface area (Å²) in [6.07, 6.45) is 0. The first-order valence-electron chi connectivity index (χ1n) is 2.69. The van der Waals surface area contributed by atoms with Gasteiger partial charge in [-0.15, -0.1) is 0 Å². The Bertz CT molecular complexity index is 237. The van der Waals surface area contributed by atoms with Gasteiger partial charge in [0.05, 0.1) is 5.02 Å². The molecule has 0 aliphatic heterocycles. The van der Waals surface area contributed by atoms with Gasteiger partial charge in [-0.1, -0.05) is 23.2 Å². The second-order valence-electron chi connectivity index (χ2n) is 1.94. The fourth-order valence-electron chi connectivity index (χ4n) is 0.566. The monoisotopic (exact) mass is 176 g/mol. The van der Waals surface area contributed by atoms with Gasteiger partial charge in [0.2, 0.25) is 0 Å². The Morgan fingerprint density at radius 3 is 2.60 bits per heavy atom. The molecular weight excluding hydrogens is 171 g/mol. The molecule has 0 radical (unpaired) electrons. The highest BCUT2D eigenvalue weighted by Crippen LogP contribution is 2.22. The van der Waals surface area contributed by atoms with Gasteiger partial charge in [0.1, 0.15) is 11.0 Å². The second-order valence-corrected chi connectivity index (χ2v) is 2.73. The lowest BCUT2D eigenvalue weighted by atomic mass is 10.3. The van der Waals surface area contributed by atoms with E-state index in [1.54, 1.807) is 13.0 Å². The standard InChI is InChI=1S/C6H6Cl2N2/c1-3-4(7)2-5(8)10-6(3)9/h2H,1H3,(H2,9,10). The van der Waals surface area contributed by atoms with Gasteiger partial charge >= 0.3 is 0 Å². The molecule has 0 spiro atoms. The summed E-state index contributed by atoms with van der Waals surface area (Å²) < 4.78 is 0. The molecule has 1 rings (SSSR count). The summed E-state index contributed by atoms with van der Waals surface area (Å²) in [4.78, 5) is 3.79. The van der Waals surface area contributed by atoms with E-state index >= 15 is 0 Å². The van der Waals surface area contributed by atoms with Crippen LogP contribution >= 0.6 is 23.2 Å². The number of halogens is 2. The zero-order valence-electron chi connectivity index (χ0n) is 5.36. The molecule has 0 fully saturated rings. The maximum Gasteiger partial charge on any atom is 0.132 e. The smallest absolute Gasteiger partial charge is 0.132 e. The number of nitrogen functional groups attached to an aromatic ring is 1. The lowest BCUT2D eigenvalue weighted by molar-refractivity contribution is 1.28. The van der Waals surface area contributed by atoms with Crippen molar-refractivity contribution in [1.29, 1.82) is 0 Å². The minimum Gasteiger partial charge on any atom is -0.383 e. The molecule has 0 aliphatic carbocycles. The molecule has 0 aromatic carbocycles. The molecule has 0 saturated carbocycles. The third-order valence-corrected chi connectivity index (χ3v) is 1.80. The van der Waals surface area contributed by atoms with Crippen molar-refractivity contribution in [3.63, 3.8) is 0 Å². The van der Waals surface area contributed by atoms with Crippen molar-refractivity contribution in [2.75, 3.05) is 5.73 Å². The van der Waals surface area contributed by atoms with E-state index in [2.05, 4.69) is 4.98 Å². The number of hydrogen-bond donors (Lipinski definition) is 1. The maximum absolute atomic E-state index is 5.71.